The van der Waals surface area contributed by atoms with Gasteiger partial charge in [0, 0.05) is 56.8 Å². The highest BCUT2D eigenvalue weighted by molar-refractivity contribution is 7.18. The van der Waals surface area contributed by atoms with Crippen LogP contribution in [0.3, 0.4) is 0 Å². The third kappa shape index (κ3) is 4.83. The molecule has 4 N–H and O–H groups in total. The predicted octanol–water partition coefficient (Wildman–Crippen LogP) is 1.58. The van der Waals surface area contributed by atoms with Gasteiger partial charge >= 0.3 is 0 Å². The van der Waals surface area contributed by atoms with Gasteiger partial charge in [0.25, 0.3) is 0 Å². The second-order valence-electron chi connectivity index (χ2n) is 9.95. The van der Waals surface area contributed by atoms with E-state index in [1.54, 1.807) is 11.3 Å². The molecule has 0 radical (unpaired) electrons. The van der Waals surface area contributed by atoms with E-state index in [1.807, 2.05) is 30.6 Å². The molecule has 5 heterocycles. The minimum Gasteiger partial charge on any atom is -0.369 e. The van der Waals surface area contributed by atoms with Crippen molar-refractivity contribution in [1.82, 2.24) is 36.1 Å². The van der Waals surface area contributed by atoms with Gasteiger partial charge in [-0.05, 0) is 50.1 Å². The lowest BCUT2D eigenvalue weighted by atomic mass is 10.00. The van der Waals surface area contributed by atoms with Gasteiger partial charge in [0.05, 0.1) is 16.4 Å². The summed E-state index contributed by atoms with van der Waals surface area (Å²) in [6.45, 7) is 7.63. The van der Waals surface area contributed by atoms with Crippen LogP contribution in [-0.2, 0) is 4.79 Å². The molecule has 0 aliphatic carbocycles. The molecule has 1 aromatic carbocycles. The fraction of sp³-hybridized carbons (Fsp3) is 0.500. The van der Waals surface area contributed by atoms with Gasteiger partial charge in [0.2, 0.25) is 5.91 Å². The number of aryl methyl sites for hydroxylation is 1. The first-order valence-electron chi connectivity index (χ1n) is 12.9. The van der Waals surface area contributed by atoms with Crippen LogP contribution in [0.1, 0.15) is 29.3 Å². The van der Waals surface area contributed by atoms with Crippen LogP contribution >= 0.6 is 11.3 Å². The first-order chi connectivity index (χ1) is 17.7. The first-order valence-corrected chi connectivity index (χ1v) is 13.8. The molecule has 4 atom stereocenters. The standard InChI is InChI=1S/C26H34N8OS/c1-17-15-28-10-8-20(17)33-11-13-34(14-12-33)26-31-23(29-18-5-4-9-27-16-18)22(24(35)32-26)25-30-19-6-2-3-7-21(19)36-25/h2-3,6-8,10,15,18,22-23,26-27,29,31H,4-5,9,11-14,16H2,1H3,(H,32,35)/t18-,22?,23?,26?/m1/s1. The lowest BCUT2D eigenvalue weighted by molar-refractivity contribution is -0.129. The van der Waals surface area contributed by atoms with Gasteiger partial charge in [-0.3, -0.25) is 25.3 Å². The smallest absolute Gasteiger partial charge is 0.235 e. The number of aromatic nitrogens is 2. The van der Waals surface area contributed by atoms with E-state index in [-0.39, 0.29) is 24.3 Å². The van der Waals surface area contributed by atoms with Crippen LogP contribution in [0, 0.1) is 6.92 Å². The number of benzene rings is 1. The fourth-order valence-corrected chi connectivity index (χ4v) is 6.70. The SMILES string of the molecule is Cc1cnccc1N1CCN(C2NC(=O)C(c3nc4ccccc4s3)C(N[C@@H]3CCCNC3)N2)CC1. The number of carbonyl (C=O) groups is 1. The number of hydrogen-bond acceptors (Lipinski definition) is 9. The number of anilines is 1. The number of nitrogens with one attached hydrogen (secondary N) is 4. The lowest BCUT2D eigenvalue weighted by Crippen LogP contribution is -2.72. The maximum atomic E-state index is 13.6. The van der Waals surface area contributed by atoms with Gasteiger partial charge < -0.3 is 15.5 Å². The summed E-state index contributed by atoms with van der Waals surface area (Å²) in [4.78, 5) is 27.5. The molecule has 1 amide bonds. The van der Waals surface area contributed by atoms with Gasteiger partial charge in [-0.25, -0.2) is 4.98 Å². The quantitative estimate of drug-likeness (QED) is 0.414. The molecule has 3 unspecified atom stereocenters. The second kappa shape index (κ2) is 10.4. The molecule has 190 valence electrons. The van der Waals surface area contributed by atoms with Crippen LogP contribution in [0.15, 0.2) is 42.7 Å². The number of carbonyl (C=O) groups excluding carboxylic acids is 1. The topological polar surface area (TPSA) is 97.5 Å². The Bertz CT molecular complexity index is 1170. The van der Waals surface area contributed by atoms with Crippen LogP contribution in [0.2, 0.25) is 0 Å². The number of pyridine rings is 1. The van der Waals surface area contributed by atoms with Crippen molar-refractivity contribution in [2.24, 2.45) is 0 Å². The molecule has 0 bridgehead atoms. The maximum absolute atomic E-state index is 13.6. The van der Waals surface area contributed by atoms with E-state index in [4.69, 9.17) is 4.98 Å². The second-order valence-corrected chi connectivity index (χ2v) is 11.0. The van der Waals surface area contributed by atoms with E-state index in [2.05, 4.69) is 55.1 Å². The number of amides is 1. The highest BCUT2D eigenvalue weighted by Crippen LogP contribution is 2.31. The van der Waals surface area contributed by atoms with Crippen molar-refractivity contribution in [3.8, 4) is 0 Å². The first kappa shape index (κ1) is 23.7. The molecule has 36 heavy (non-hydrogen) atoms. The number of nitrogens with zero attached hydrogens (tertiary/aromatic N) is 4. The average molecular weight is 507 g/mol. The summed E-state index contributed by atoms with van der Waals surface area (Å²) in [5, 5.41) is 15.2. The average Bonchev–Trinajstić information content (AvgIpc) is 3.33. The molecule has 6 rings (SSSR count). The molecule has 3 aromatic rings. The Morgan fingerprint density at radius 3 is 2.78 bits per heavy atom. The summed E-state index contributed by atoms with van der Waals surface area (Å²) >= 11 is 1.62. The molecule has 3 fully saturated rings. The molecule has 3 aliphatic rings. The van der Waals surface area contributed by atoms with E-state index in [1.165, 1.54) is 11.3 Å². The zero-order chi connectivity index (χ0) is 24.5. The van der Waals surface area contributed by atoms with Crippen LogP contribution < -0.4 is 26.2 Å². The summed E-state index contributed by atoms with van der Waals surface area (Å²) in [5.41, 5.74) is 3.39. The van der Waals surface area contributed by atoms with Crippen LogP contribution in [0.25, 0.3) is 10.2 Å². The summed E-state index contributed by atoms with van der Waals surface area (Å²) in [6.07, 6.45) is 5.63. The zero-order valence-corrected chi connectivity index (χ0v) is 21.4. The zero-order valence-electron chi connectivity index (χ0n) is 20.6. The Labute approximate surface area is 215 Å². The summed E-state index contributed by atoms with van der Waals surface area (Å²) in [5.74, 6) is -0.340. The van der Waals surface area contributed by atoms with Crippen molar-refractivity contribution in [3.63, 3.8) is 0 Å². The van der Waals surface area contributed by atoms with Crippen molar-refractivity contribution in [1.29, 1.82) is 0 Å². The fourth-order valence-electron chi connectivity index (χ4n) is 5.59. The lowest BCUT2D eigenvalue weighted by Gasteiger charge is -2.46. The molecular formula is C26H34N8OS. The maximum Gasteiger partial charge on any atom is 0.235 e. The highest BCUT2D eigenvalue weighted by atomic mass is 32.1. The molecule has 3 saturated heterocycles. The number of rotatable bonds is 5. The van der Waals surface area contributed by atoms with Crippen LogP contribution in [0.5, 0.6) is 0 Å². The Kier molecular flexibility index (Phi) is 6.85. The summed E-state index contributed by atoms with van der Waals surface area (Å²) in [7, 11) is 0. The molecular weight excluding hydrogens is 472 g/mol. The molecule has 0 spiro atoms. The van der Waals surface area contributed by atoms with E-state index in [0.29, 0.717) is 6.04 Å². The minimum absolute atomic E-state index is 0.0338. The van der Waals surface area contributed by atoms with E-state index < -0.39 is 0 Å². The predicted molar refractivity (Wildman–Crippen MR) is 143 cm³/mol. The van der Waals surface area contributed by atoms with Crippen molar-refractivity contribution in [2.45, 2.75) is 44.2 Å². The Morgan fingerprint density at radius 1 is 1.14 bits per heavy atom. The van der Waals surface area contributed by atoms with Crippen molar-refractivity contribution in [2.75, 3.05) is 44.2 Å². The van der Waals surface area contributed by atoms with Crippen molar-refractivity contribution in [3.05, 3.63) is 53.3 Å². The summed E-state index contributed by atoms with van der Waals surface area (Å²) < 4.78 is 1.11. The van der Waals surface area contributed by atoms with Gasteiger partial charge in [0.1, 0.15) is 17.2 Å². The Balaban J connectivity index is 1.19. The molecule has 3 aliphatic heterocycles. The van der Waals surface area contributed by atoms with Gasteiger partial charge in [0.15, 0.2) is 0 Å². The van der Waals surface area contributed by atoms with E-state index in [0.717, 1.165) is 67.3 Å². The molecule has 0 saturated carbocycles. The third-order valence-electron chi connectivity index (χ3n) is 7.53. The number of thiazole rings is 1. The van der Waals surface area contributed by atoms with E-state index in [9.17, 15) is 4.79 Å². The molecule has 2 aromatic heterocycles. The number of hydrogen-bond donors (Lipinski definition) is 4. The normalized spacial score (nSPS) is 27.8. The monoisotopic (exact) mass is 506 g/mol. The van der Waals surface area contributed by atoms with Crippen molar-refractivity contribution >= 4 is 33.1 Å². The van der Waals surface area contributed by atoms with Gasteiger partial charge in [-0.1, -0.05) is 12.1 Å². The van der Waals surface area contributed by atoms with Crippen molar-refractivity contribution < 1.29 is 4.79 Å². The molecule has 10 heteroatoms. The number of piperazine rings is 1. The van der Waals surface area contributed by atoms with Gasteiger partial charge in [-0.15, -0.1) is 11.3 Å². The number of piperidine rings is 1. The van der Waals surface area contributed by atoms with Gasteiger partial charge in [-0.2, -0.15) is 0 Å². The summed E-state index contributed by atoms with van der Waals surface area (Å²) in [6, 6.07) is 10.5. The largest absolute Gasteiger partial charge is 0.369 e. The van der Waals surface area contributed by atoms with E-state index >= 15 is 0 Å². The Morgan fingerprint density at radius 2 is 2.00 bits per heavy atom. The highest BCUT2D eigenvalue weighted by Gasteiger charge is 2.42. The number of para-hydroxylation sites is 1. The minimum atomic E-state index is -0.374. The third-order valence-corrected chi connectivity index (χ3v) is 8.65. The van der Waals surface area contributed by atoms with Crippen LogP contribution in [0.4, 0.5) is 5.69 Å². The number of fused-ring (bicyclic) bond motifs is 1. The molecule has 9 nitrogen and oxygen atoms in total. The Hall–Kier alpha value is -2.63. The van der Waals surface area contributed by atoms with Crippen LogP contribution in [-0.4, -0.2) is 78.5 Å².